The van der Waals surface area contributed by atoms with Gasteiger partial charge in [-0.05, 0) is 48.7 Å². The first-order chi connectivity index (χ1) is 21.1. The molecule has 1 N–H and O–H groups in total. The van der Waals surface area contributed by atoms with Gasteiger partial charge in [0.15, 0.2) is 0 Å². The number of hydrogen-bond acceptors (Lipinski definition) is 4. The molecule has 7 nitrogen and oxygen atoms in total. The lowest BCUT2D eigenvalue weighted by molar-refractivity contribution is -0.140. The van der Waals surface area contributed by atoms with Crippen LogP contribution in [0.3, 0.4) is 0 Å². The maximum atomic E-state index is 15.0. The lowest BCUT2D eigenvalue weighted by Crippen LogP contribution is -2.53. The SMILES string of the molecule is Cc1ccc(S(=O)(=O)N(CC(=O)N(Cc2ccccc2F)[C@H](Cc2ccccc2)C(=O)NCC(C)C)c2ccccc2)cc1. The van der Waals surface area contributed by atoms with Crippen molar-refractivity contribution in [2.45, 2.75) is 44.7 Å². The molecule has 0 bridgehead atoms. The summed E-state index contributed by atoms with van der Waals surface area (Å²) in [6.07, 6.45) is 0.154. The Morgan fingerprint density at radius 3 is 2.02 bits per heavy atom. The molecule has 44 heavy (non-hydrogen) atoms. The summed E-state index contributed by atoms with van der Waals surface area (Å²) in [4.78, 5) is 29.4. The summed E-state index contributed by atoms with van der Waals surface area (Å²) in [5, 5.41) is 2.93. The van der Waals surface area contributed by atoms with E-state index >= 15 is 0 Å². The van der Waals surface area contributed by atoms with E-state index in [1.165, 1.54) is 23.1 Å². The van der Waals surface area contributed by atoms with Gasteiger partial charge in [-0.3, -0.25) is 13.9 Å². The largest absolute Gasteiger partial charge is 0.354 e. The van der Waals surface area contributed by atoms with Crippen LogP contribution in [0.25, 0.3) is 0 Å². The third-order valence-corrected chi connectivity index (χ3v) is 8.97. The van der Waals surface area contributed by atoms with Crippen LogP contribution >= 0.6 is 0 Å². The highest BCUT2D eigenvalue weighted by atomic mass is 32.2. The van der Waals surface area contributed by atoms with E-state index in [0.717, 1.165) is 15.4 Å². The minimum absolute atomic E-state index is 0.0240. The smallest absolute Gasteiger partial charge is 0.264 e. The van der Waals surface area contributed by atoms with Gasteiger partial charge in [-0.2, -0.15) is 0 Å². The Morgan fingerprint density at radius 2 is 1.41 bits per heavy atom. The number of para-hydroxylation sites is 1. The minimum Gasteiger partial charge on any atom is -0.354 e. The zero-order chi connectivity index (χ0) is 31.7. The van der Waals surface area contributed by atoms with Gasteiger partial charge < -0.3 is 10.2 Å². The van der Waals surface area contributed by atoms with Crippen LogP contribution in [0.2, 0.25) is 0 Å². The lowest BCUT2D eigenvalue weighted by atomic mass is 10.0. The van der Waals surface area contributed by atoms with Crippen molar-refractivity contribution in [3.05, 3.63) is 132 Å². The van der Waals surface area contributed by atoms with Crippen molar-refractivity contribution >= 4 is 27.5 Å². The number of benzene rings is 4. The van der Waals surface area contributed by atoms with Crippen LogP contribution in [0.1, 0.15) is 30.5 Å². The Labute approximate surface area is 259 Å². The maximum absolute atomic E-state index is 15.0. The molecule has 230 valence electrons. The summed E-state index contributed by atoms with van der Waals surface area (Å²) in [6, 6.07) is 29.0. The first-order valence-electron chi connectivity index (χ1n) is 14.5. The zero-order valence-electron chi connectivity index (χ0n) is 25.2. The van der Waals surface area contributed by atoms with Gasteiger partial charge in [0.2, 0.25) is 11.8 Å². The summed E-state index contributed by atoms with van der Waals surface area (Å²) >= 11 is 0. The van der Waals surface area contributed by atoms with Gasteiger partial charge in [0.05, 0.1) is 10.6 Å². The van der Waals surface area contributed by atoms with E-state index in [4.69, 9.17) is 0 Å². The topological polar surface area (TPSA) is 86.8 Å². The number of anilines is 1. The summed E-state index contributed by atoms with van der Waals surface area (Å²) in [7, 11) is -4.20. The molecular formula is C35H38FN3O4S. The second-order valence-corrected chi connectivity index (χ2v) is 13.0. The van der Waals surface area contributed by atoms with Crippen molar-refractivity contribution in [3.8, 4) is 0 Å². The van der Waals surface area contributed by atoms with Crippen LogP contribution in [0, 0.1) is 18.7 Å². The molecule has 0 aliphatic heterocycles. The highest BCUT2D eigenvalue weighted by Gasteiger charge is 2.35. The number of nitrogens with zero attached hydrogens (tertiary/aromatic N) is 2. The fourth-order valence-corrected chi connectivity index (χ4v) is 6.16. The Bertz CT molecular complexity index is 1650. The van der Waals surface area contributed by atoms with Crippen molar-refractivity contribution in [1.82, 2.24) is 10.2 Å². The summed E-state index contributed by atoms with van der Waals surface area (Å²) < 4.78 is 44.0. The van der Waals surface area contributed by atoms with E-state index in [1.807, 2.05) is 51.1 Å². The number of aryl methyl sites for hydroxylation is 1. The van der Waals surface area contributed by atoms with Crippen molar-refractivity contribution < 1.29 is 22.4 Å². The van der Waals surface area contributed by atoms with Crippen LogP contribution in [-0.4, -0.2) is 44.3 Å². The molecule has 1 atom stereocenters. The van der Waals surface area contributed by atoms with Crippen LogP contribution in [0.5, 0.6) is 0 Å². The van der Waals surface area contributed by atoms with Gasteiger partial charge in [-0.1, -0.05) is 98.3 Å². The molecule has 0 saturated heterocycles. The van der Waals surface area contributed by atoms with Crippen LogP contribution in [0.15, 0.2) is 114 Å². The maximum Gasteiger partial charge on any atom is 0.264 e. The average Bonchev–Trinajstić information content (AvgIpc) is 3.02. The molecule has 0 radical (unpaired) electrons. The minimum atomic E-state index is -4.20. The second kappa shape index (κ2) is 14.8. The average molecular weight is 616 g/mol. The number of hydrogen-bond donors (Lipinski definition) is 1. The summed E-state index contributed by atoms with van der Waals surface area (Å²) in [5.74, 6) is -1.42. The summed E-state index contributed by atoms with van der Waals surface area (Å²) in [6.45, 7) is 5.32. The van der Waals surface area contributed by atoms with Crippen molar-refractivity contribution in [3.63, 3.8) is 0 Å². The molecule has 0 unspecified atom stereocenters. The molecule has 0 spiro atoms. The quantitative estimate of drug-likeness (QED) is 0.208. The third kappa shape index (κ3) is 8.32. The molecule has 0 fully saturated rings. The Hall–Kier alpha value is -4.50. The molecule has 2 amide bonds. The van der Waals surface area contributed by atoms with Crippen LogP contribution in [0.4, 0.5) is 10.1 Å². The van der Waals surface area contributed by atoms with Crippen LogP contribution in [-0.2, 0) is 32.6 Å². The molecule has 0 saturated carbocycles. The first-order valence-corrected chi connectivity index (χ1v) is 16.0. The van der Waals surface area contributed by atoms with E-state index in [2.05, 4.69) is 5.32 Å². The normalized spacial score (nSPS) is 12.0. The van der Waals surface area contributed by atoms with Crippen LogP contribution < -0.4 is 9.62 Å². The van der Waals surface area contributed by atoms with Crippen molar-refractivity contribution in [2.75, 3.05) is 17.4 Å². The fourth-order valence-electron chi connectivity index (χ4n) is 4.75. The fraction of sp³-hybridized carbons (Fsp3) is 0.257. The van der Waals surface area contributed by atoms with Crippen molar-refractivity contribution in [2.24, 2.45) is 5.92 Å². The highest BCUT2D eigenvalue weighted by molar-refractivity contribution is 7.92. The molecular weight excluding hydrogens is 577 g/mol. The van der Waals surface area contributed by atoms with Crippen molar-refractivity contribution in [1.29, 1.82) is 0 Å². The Kier molecular flexibility index (Phi) is 10.9. The van der Waals surface area contributed by atoms with Gasteiger partial charge in [-0.15, -0.1) is 0 Å². The third-order valence-electron chi connectivity index (χ3n) is 7.19. The van der Waals surface area contributed by atoms with E-state index in [1.54, 1.807) is 60.7 Å². The predicted molar refractivity (Wildman–Crippen MR) is 171 cm³/mol. The molecule has 4 rings (SSSR count). The van der Waals surface area contributed by atoms with Gasteiger partial charge in [0, 0.05) is 25.1 Å². The number of amides is 2. The molecule has 4 aromatic rings. The monoisotopic (exact) mass is 615 g/mol. The molecule has 4 aromatic carbocycles. The van der Waals surface area contributed by atoms with Gasteiger partial charge in [0.25, 0.3) is 10.0 Å². The number of carbonyl (C=O) groups is 2. The molecule has 0 aliphatic carbocycles. The Balaban J connectivity index is 1.79. The van der Waals surface area contributed by atoms with E-state index in [0.29, 0.717) is 6.54 Å². The number of sulfonamides is 1. The number of carbonyl (C=O) groups excluding carboxylic acids is 2. The summed E-state index contributed by atoms with van der Waals surface area (Å²) in [5.41, 5.74) is 2.19. The molecule has 0 aliphatic rings. The number of halogens is 1. The van der Waals surface area contributed by atoms with Gasteiger partial charge in [-0.25, -0.2) is 12.8 Å². The van der Waals surface area contributed by atoms with E-state index in [9.17, 15) is 22.4 Å². The Morgan fingerprint density at radius 1 is 0.818 bits per heavy atom. The molecule has 9 heteroatoms. The molecule has 0 heterocycles. The van der Waals surface area contributed by atoms with Gasteiger partial charge in [0.1, 0.15) is 18.4 Å². The molecule has 0 aromatic heterocycles. The number of rotatable bonds is 13. The standard InChI is InChI=1S/C35H38FN3O4S/c1-26(2)23-37-35(41)33(22-28-12-6-4-7-13-28)38(24-29-14-10-11-17-32(29)36)34(40)25-39(30-15-8-5-9-16-30)44(42,43)31-20-18-27(3)19-21-31/h4-21,26,33H,22-25H2,1-3H3,(H,37,41)/t33-/m1/s1. The van der Waals surface area contributed by atoms with Gasteiger partial charge >= 0.3 is 0 Å². The predicted octanol–water partition coefficient (Wildman–Crippen LogP) is 5.74. The lowest BCUT2D eigenvalue weighted by Gasteiger charge is -2.34. The highest BCUT2D eigenvalue weighted by Crippen LogP contribution is 2.25. The zero-order valence-corrected chi connectivity index (χ0v) is 26.0. The van der Waals surface area contributed by atoms with E-state index in [-0.39, 0.29) is 35.0 Å². The first kappa shape index (κ1) is 32.4. The van der Waals surface area contributed by atoms with E-state index < -0.39 is 40.2 Å². The number of nitrogens with one attached hydrogen (secondary N) is 1. The second-order valence-electron chi connectivity index (χ2n) is 11.1.